The minimum Gasteiger partial charge on any atom is -0.479 e. The summed E-state index contributed by atoms with van der Waals surface area (Å²) in [6.45, 7) is 5.52. The van der Waals surface area contributed by atoms with E-state index in [0.29, 0.717) is 12.2 Å². The molecule has 0 radical (unpaired) electrons. The number of rotatable bonds is 7. The van der Waals surface area contributed by atoms with E-state index in [9.17, 15) is 4.79 Å². The first-order chi connectivity index (χ1) is 8.17. The third-order valence-electron chi connectivity index (χ3n) is 2.32. The van der Waals surface area contributed by atoms with Gasteiger partial charge < -0.3 is 15.8 Å². The third kappa shape index (κ3) is 4.40. The zero-order valence-corrected chi connectivity index (χ0v) is 10.3. The summed E-state index contributed by atoms with van der Waals surface area (Å²) in [6.07, 6.45) is 1.57. The Morgan fingerprint density at radius 3 is 2.76 bits per heavy atom. The fourth-order valence-corrected chi connectivity index (χ4v) is 1.35. The first kappa shape index (κ1) is 13.4. The molecular formula is C12H19N3O2. The highest BCUT2D eigenvalue weighted by Gasteiger charge is 2.14. The van der Waals surface area contributed by atoms with Crippen LogP contribution < -0.4 is 15.8 Å². The molecule has 1 aromatic rings. The predicted octanol–water partition coefficient (Wildman–Crippen LogP) is 0.834. The molecule has 0 aromatic carbocycles. The van der Waals surface area contributed by atoms with E-state index >= 15 is 0 Å². The highest BCUT2D eigenvalue weighted by atomic mass is 16.5. The monoisotopic (exact) mass is 237 g/mol. The Balaban J connectivity index is 2.58. The van der Waals surface area contributed by atoms with Crippen LogP contribution in [0.3, 0.4) is 0 Å². The average molecular weight is 237 g/mol. The van der Waals surface area contributed by atoms with Crippen LogP contribution in [-0.2, 0) is 11.3 Å². The van der Waals surface area contributed by atoms with Gasteiger partial charge in [-0.05, 0) is 25.1 Å². The van der Waals surface area contributed by atoms with Gasteiger partial charge in [-0.15, -0.1) is 0 Å². The lowest BCUT2D eigenvalue weighted by atomic mass is 10.2. The number of ether oxygens (including phenoxy) is 1. The SMILES string of the molecule is CCNCc1ccc(OC(CC)C(N)=O)cn1. The lowest BCUT2D eigenvalue weighted by Gasteiger charge is -2.13. The van der Waals surface area contributed by atoms with Crippen molar-refractivity contribution in [3.05, 3.63) is 24.0 Å². The number of carbonyl (C=O) groups excluding carboxylic acids is 1. The Bertz CT molecular complexity index is 351. The lowest BCUT2D eigenvalue weighted by Crippen LogP contribution is -2.33. The van der Waals surface area contributed by atoms with E-state index in [0.717, 1.165) is 18.8 Å². The summed E-state index contributed by atoms with van der Waals surface area (Å²) in [5, 5.41) is 3.18. The van der Waals surface area contributed by atoms with Crippen molar-refractivity contribution >= 4 is 5.91 Å². The van der Waals surface area contributed by atoms with Gasteiger partial charge >= 0.3 is 0 Å². The van der Waals surface area contributed by atoms with Gasteiger partial charge in [0.05, 0.1) is 11.9 Å². The van der Waals surface area contributed by atoms with Crippen LogP contribution in [0.15, 0.2) is 18.3 Å². The smallest absolute Gasteiger partial charge is 0.258 e. The lowest BCUT2D eigenvalue weighted by molar-refractivity contribution is -0.124. The van der Waals surface area contributed by atoms with Crippen LogP contribution in [0.5, 0.6) is 5.75 Å². The summed E-state index contributed by atoms with van der Waals surface area (Å²) < 4.78 is 5.43. The molecule has 0 saturated carbocycles. The fourth-order valence-electron chi connectivity index (χ4n) is 1.35. The molecule has 0 bridgehead atoms. The summed E-state index contributed by atoms with van der Waals surface area (Å²) in [5.74, 6) is 0.111. The molecule has 1 heterocycles. The zero-order chi connectivity index (χ0) is 12.7. The van der Waals surface area contributed by atoms with Crippen molar-refractivity contribution in [2.45, 2.75) is 32.9 Å². The number of primary amides is 1. The Morgan fingerprint density at radius 2 is 2.29 bits per heavy atom. The van der Waals surface area contributed by atoms with E-state index in [1.165, 1.54) is 0 Å². The fraction of sp³-hybridized carbons (Fsp3) is 0.500. The maximum absolute atomic E-state index is 11.0. The van der Waals surface area contributed by atoms with Gasteiger partial charge in [0.15, 0.2) is 6.10 Å². The van der Waals surface area contributed by atoms with E-state index in [2.05, 4.69) is 10.3 Å². The quantitative estimate of drug-likeness (QED) is 0.736. The number of hydrogen-bond acceptors (Lipinski definition) is 4. The summed E-state index contributed by atoms with van der Waals surface area (Å²) in [4.78, 5) is 15.2. The molecule has 5 heteroatoms. The summed E-state index contributed by atoms with van der Waals surface area (Å²) in [6, 6.07) is 3.66. The molecule has 17 heavy (non-hydrogen) atoms. The van der Waals surface area contributed by atoms with Crippen LogP contribution in [0.4, 0.5) is 0 Å². The van der Waals surface area contributed by atoms with Crippen LogP contribution in [0.25, 0.3) is 0 Å². The van der Waals surface area contributed by atoms with Gasteiger partial charge in [0.1, 0.15) is 5.75 Å². The van der Waals surface area contributed by atoms with Crippen molar-refractivity contribution in [3.8, 4) is 5.75 Å². The van der Waals surface area contributed by atoms with Gasteiger partial charge in [-0.1, -0.05) is 13.8 Å². The number of hydrogen-bond donors (Lipinski definition) is 2. The van der Waals surface area contributed by atoms with E-state index in [1.54, 1.807) is 12.3 Å². The third-order valence-corrected chi connectivity index (χ3v) is 2.32. The molecule has 5 nitrogen and oxygen atoms in total. The first-order valence-electron chi connectivity index (χ1n) is 5.79. The predicted molar refractivity (Wildman–Crippen MR) is 65.5 cm³/mol. The molecule has 0 fully saturated rings. The summed E-state index contributed by atoms with van der Waals surface area (Å²) in [7, 11) is 0. The molecule has 94 valence electrons. The number of nitrogens with one attached hydrogen (secondary N) is 1. The van der Waals surface area contributed by atoms with E-state index in [1.807, 2.05) is 19.9 Å². The molecule has 0 spiro atoms. The van der Waals surface area contributed by atoms with Gasteiger partial charge in [-0.2, -0.15) is 0 Å². The highest BCUT2D eigenvalue weighted by molar-refractivity contribution is 5.79. The number of amides is 1. The van der Waals surface area contributed by atoms with E-state index in [4.69, 9.17) is 10.5 Å². The molecule has 1 amide bonds. The van der Waals surface area contributed by atoms with Crippen LogP contribution in [0.2, 0.25) is 0 Å². The normalized spacial score (nSPS) is 12.1. The van der Waals surface area contributed by atoms with Crippen molar-refractivity contribution in [3.63, 3.8) is 0 Å². The van der Waals surface area contributed by atoms with Crippen molar-refractivity contribution < 1.29 is 9.53 Å². The Labute approximate surface area is 101 Å². The molecule has 3 N–H and O–H groups in total. The second-order valence-corrected chi connectivity index (χ2v) is 3.68. The Morgan fingerprint density at radius 1 is 1.53 bits per heavy atom. The summed E-state index contributed by atoms with van der Waals surface area (Å²) >= 11 is 0. The zero-order valence-electron chi connectivity index (χ0n) is 10.3. The molecule has 0 aliphatic heterocycles. The van der Waals surface area contributed by atoms with Crippen LogP contribution in [0, 0.1) is 0 Å². The average Bonchev–Trinajstić information content (AvgIpc) is 2.34. The number of nitrogens with two attached hydrogens (primary N) is 1. The number of carbonyl (C=O) groups is 1. The number of nitrogens with zero attached hydrogens (tertiary/aromatic N) is 1. The van der Waals surface area contributed by atoms with Crippen molar-refractivity contribution in [2.75, 3.05) is 6.54 Å². The molecule has 1 atom stereocenters. The Kier molecular flexibility index (Phi) is 5.42. The molecule has 1 unspecified atom stereocenters. The van der Waals surface area contributed by atoms with Crippen molar-refractivity contribution in [1.82, 2.24) is 10.3 Å². The first-order valence-corrected chi connectivity index (χ1v) is 5.79. The number of pyridine rings is 1. The molecule has 0 aliphatic rings. The second-order valence-electron chi connectivity index (χ2n) is 3.68. The molecule has 0 saturated heterocycles. The van der Waals surface area contributed by atoms with Gasteiger partial charge in [0.25, 0.3) is 5.91 Å². The molecular weight excluding hydrogens is 218 g/mol. The van der Waals surface area contributed by atoms with Crippen molar-refractivity contribution in [1.29, 1.82) is 0 Å². The molecule has 1 aromatic heterocycles. The van der Waals surface area contributed by atoms with Crippen LogP contribution in [-0.4, -0.2) is 23.5 Å². The second kappa shape index (κ2) is 6.85. The van der Waals surface area contributed by atoms with Gasteiger partial charge in [0.2, 0.25) is 0 Å². The van der Waals surface area contributed by atoms with Gasteiger partial charge in [-0.25, -0.2) is 0 Å². The maximum atomic E-state index is 11.0. The molecule has 1 rings (SSSR count). The minimum absolute atomic E-state index is 0.454. The van der Waals surface area contributed by atoms with Gasteiger partial charge in [0, 0.05) is 6.54 Å². The number of aromatic nitrogens is 1. The Hall–Kier alpha value is -1.62. The highest BCUT2D eigenvalue weighted by Crippen LogP contribution is 2.12. The van der Waals surface area contributed by atoms with Crippen LogP contribution in [0.1, 0.15) is 26.0 Å². The van der Waals surface area contributed by atoms with E-state index in [-0.39, 0.29) is 0 Å². The standard InChI is InChI=1S/C12H19N3O2/c1-3-11(12(13)16)17-10-6-5-9(15-8-10)7-14-4-2/h5-6,8,11,14H,3-4,7H2,1-2H3,(H2,13,16). The molecule has 0 aliphatic carbocycles. The topological polar surface area (TPSA) is 77.2 Å². The largest absolute Gasteiger partial charge is 0.479 e. The van der Waals surface area contributed by atoms with Gasteiger partial charge in [-0.3, -0.25) is 9.78 Å². The maximum Gasteiger partial charge on any atom is 0.258 e. The van der Waals surface area contributed by atoms with E-state index < -0.39 is 12.0 Å². The minimum atomic E-state index is -0.587. The van der Waals surface area contributed by atoms with Crippen molar-refractivity contribution in [2.24, 2.45) is 5.73 Å². The van der Waals surface area contributed by atoms with Crippen LogP contribution >= 0.6 is 0 Å². The summed E-state index contributed by atoms with van der Waals surface area (Å²) in [5.41, 5.74) is 6.13.